The minimum Gasteiger partial charge on any atom is -0.348 e. The Labute approximate surface area is 171 Å². The summed E-state index contributed by atoms with van der Waals surface area (Å²) >= 11 is 0. The maximum absolute atomic E-state index is 12.7. The van der Waals surface area contributed by atoms with Gasteiger partial charge in [0.2, 0.25) is 0 Å². The van der Waals surface area contributed by atoms with Gasteiger partial charge < -0.3 is 9.88 Å². The second-order valence-corrected chi connectivity index (χ2v) is 7.40. The van der Waals surface area contributed by atoms with E-state index in [-0.39, 0.29) is 5.91 Å². The van der Waals surface area contributed by atoms with E-state index in [1.54, 1.807) is 6.20 Å². The fraction of sp³-hybridized carbons (Fsp3) is 0.250. The zero-order chi connectivity index (χ0) is 20.4. The summed E-state index contributed by atoms with van der Waals surface area (Å²) in [4.78, 5) is 12.7. The lowest BCUT2D eigenvalue weighted by molar-refractivity contribution is 0.0951. The van der Waals surface area contributed by atoms with Crippen LogP contribution in [0.1, 0.15) is 39.7 Å². The molecular formula is C24H26N4O. The molecule has 4 rings (SSSR count). The van der Waals surface area contributed by atoms with Crippen molar-refractivity contribution in [2.75, 3.05) is 0 Å². The monoisotopic (exact) mass is 386 g/mol. The quantitative estimate of drug-likeness (QED) is 0.532. The van der Waals surface area contributed by atoms with Crippen LogP contribution in [0.2, 0.25) is 0 Å². The molecule has 1 amide bonds. The third-order valence-electron chi connectivity index (χ3n) is 5.55. The molecule has 0 atom stereocenters. The average molecular weight is 386 g/mol. The normalized spacial score (nSPS) is 11.1. The smallest absolute Gasteiger partial charge is 0.251 e. The third kappa shape index (κ3) is 3.81. The van der Waals surface area contributed by atoms with Crippen LogP contribution < -0.4 is 5.32 Å². The highest BCUT2D eigenvalue weighted by Crippen LogP contribution is 2.27. The molecule has 5 heteroatoms. The largest absolute Gasteiger partial charge is 0.348 e. The lowest BCUT2D eigenvalue weighted by Gasteiger charge is -2.09. The molecule has 4 aromatic rings. The Morgan fingerprint density at radius 3 is 2.59 bits per heavy atom. The van der Waals surface area contributed by atoms with Crippen molar-refractivity contribution in [3.8, 4) is 0 Å². The number of carbonyl (C=O) groups is 1. The summed E-state index contributed by atoms with van der Waals surface area (Å²) in [6.45, 7) is 8.43. The van der Waals surface area contributed by atoms with Crippen molar-refractivity contribution < 1.29 is 4.79 Å². The average Bonchev–Trinajstić information content (AvgIpc) is 3.31. The highest BCUT2D eigenvalue weighted by atomic mass is 16.1. The van der Waals surface area contributed by atoms with Crippen LogP contribution in [0.4, 0.5) is 0 Å². The Kier molecular flexibility index (Phi) is 5.21. The SMILES string of the molecule is CCn1cc(CNC(=O)c2ccc3c(c2)c(C)c(C)n3Cc2ccccc2)cn1. The highest BCUT2D eigenvalue weighted by Gasteiger charge is 2.14. The number of fused-ring (bicyclic) bond motifs is 1. The van der Waals surface area contributed by atoms with Gasteiger partial charge in [0.25, 0.3) is 5.91 Å². The highest BCUT2D eigenvalue weighted by molar-refractivity contribution is 5.99. The molecule has 0 spiro atoms. The standard InChI is InChI=1S/C24H26N4O/c1-4-27-15-20(14-26-27)13-25-24(29)21-10-11-23-22(12-21)17(2)18(3)28(23)16-19-8-6-5-7-9-19/h5-12,14-15H,4,13,16H2,1-3H3,(H,25,29). The van der Waals surface area contributed by atoms with Crippen molar-refractivity contribution >= 4 is 16.8 Å². The number of nitrogens with zero attached hydrogens (tertiary/aromatic N) is 3. The predicted octanol–water partition coefficient (Wildman–Crippen LogP) is 4.45. The molecule has 1 N–H and O–H groups in total. The van der Waals surface area contributed by atoms with Gasteiger partial charge in [0.15, 0.2) is 0 Å². The summed E-state index contributed by atoms with van der Waals surface area (Å²) in [7, 11) is 0. The van der Waals surface area contributed by atoms with Gasteiger partial charge in [-0.05, 0) is 50.1 Å². The molecule has 0 saturated carbocycles. The van der Waals surface area contributed by atoms with Crippen molar-refractivity contribution in [2.45, 2.75) is 40.4 Å². The Morgan fingerprint density at radius 2 is 1.86 bits per heavy atom. The molecule has 0 aliphatic carbocycles. The molecule has 2 aromatic heterocycles. The summed E-state index contributed by atoms with van der Waals surface area (Å²) < 4.78 is 4.18. The molecule has 0 aliphatic rings. The molecule has 148 valence electrons. The van der Waals surface area contributed by atoms with E-state index in [1.165, 1.54) is 16.8 Å². The second kappa shape index (κ2) is 7.95. The van der Waals surface area contributed by atoms with E-state index in [4.69, 9.17) is 0 Å². The second-order valence-electron chi connectivity index (χ2n) is 7.40. The first kappa shape index (κ1) is 19.0. The van der Waals surface area contributed by atoms with Gasteiger partial charge in [-0.25, -0.2) is 0 Å². The van der Waals surface area contributed by atoms with Crippen LogP contribution in [0.5, 0.6) is 0 Å². The van der Waals surface area contributed by atoms with Crippen LogP contribution in [0.3, 0.4) is 0 Å². The molecule has 2 aromatic carbocycles. The first-order chi connectivity index (χ1) is 14.1. The molecule has 5 nitrogen and oxygen atoms in total. The van der Waals surface area contributed by atoms with Gasteiger partial charge in [0.1, 0.15) is 0 Å². The van der Waals surface area contributed by atoms with Gasteiger partial charge in [-0.3, -0.25) is 9.48 Å². The van der Waals surface area contributed by atoms with Crippen LogP contribution in [0.25, 0.3) is 10.9 Å². The minimum atomic E-state index is -0.0657. The lowest BCUT2D eigenvalue weighted by Crippen LogP contribution is -2.22. The molecule has 0 bridgehead atoms. The molecule has 0 fully saturated rings. The summed E-state index contributed by atoms with van der Waals surface area (Å²) in [6, 6.07) is 16.4. The first-order valence-corrected chi connectivity index (χ1v) is 9.99. The third-order valence-corrected chi connectivity index (χ3v) is 5.55. The van der Waals surface area contributed by atoms with E-state index in [1.807, 2.05) is 36.0 Å². The predicted molar refractivity (Wildman–Crippen MR) is 116 cm³/mol. The first-order valence-electron chi connectivity index (χ1n) is 9.99. The van der Waals surface area contributed by atoms with E-state index in [0.717, 1.165) is 29.6 Å². The Hall–Kier alpha value is -3.34. The number of hydrogen-bond donors (Lipinski definition) is 1. The topological polar surface area (TPSA) is 51.9 Å². The molecule has 0 aliphatic heterocycles. The summed E-state index contributed by atoms with van der Waals surface area (Å²) in [5, 5.41) is 8.38. The fourth-order valence-electron chi connectivity index (χ4n) is 3.72. The molecule has 29 heavy (non-hydrogen) atoms. The van der Waals surface area contributed by atoms with Gasteiger partial charge in [0.05, 0.1) is 6.20 Å². The number of carbonyl (C=O) groups excluding carboxylic acids is 1. The zero-order valence-corrected chi connectivity index (χ0v) is 17.1. The van der Waals surface area contributed by atoms with Gasteiger partial charge in [0, 0.05) is 53.6 Å². The van der Waals surface area contributed by atoms with Crippen molar-refractivity contribution in [3.05, 3.63) is 88.9 Å². The van der Waals surface area contributed by atoms with E-state index < -0.39 is 0 Å². The van der Waals surface area contributed by atoms with Crippen molar-refractivity contribution in [3.63, 3.8) is 0 Å². The van der Waals surface area contributed by atoms with E-state index in [2.05, 4.69) is 59.2 Å². The number of aromatic nitrogens is 3. The number of nitrogens with one attached hydrogen (secondary N) is 1. The number of aryl methyl sites for hydroxylation is 2. The molecule has 0 unspecified atom stereocenters. The van der Waals surface area contributed by atoms with Crippen LogP contribution in [-0.4, -0.2) is 20.3 Å². The van der Waals surface area contributed by atoms with Crippen LogP contribution >= 0.6 is 0 Å². The molecule has 0 saturated heterocycles. The van der Waals surface area contributed by atoms with Gasteiger partial charge in [-0.15, -0.1) is 0 Å². The van der Waals surface area contributed by atoms with Crippen LogP contribution in [0, 0.1) is 13.8 Å². The van der Waals surface area contributed by atoms with E-state index in [0.29, 0.717) is 12.1 Å². The Morgan fingerprint density at radius 1 is 1.07 bits per heavy atom. The minimum absolute atomic E-state index is 0.0657. The number of hydrogen-bond acceptors (Lipinski definition) is 2. The van der Waals surface area contributed by atoms with Gasteiger partial charge >= 0.3 is 0 Å². The lowest BCUT2D eigenvalue weighted by atomic mass is 10.1. The van der Waals surface area contributed by atoms with Crippen molar-refractivity contribution in [1.82, 2.24) is 19.7 Å². The Balaban J connectivity index is 1.57. The zero-order valence-electron chi connectivity index (χ0n) is 17.1. The number of amides is 1. The molecular weight excluding hydrogens is 360 g/mol. The maximum Gasteiger partial charge on any atom is 0.251 e. The summed E-state index contributed by atoms with van der Waals surface area (Å²) in [5.41, 5.74) is 6.55. The van der Waals surface area contributed by atoms with Crippen LogP contribution in [0.15, 0.2) is 60.9 Å². The van der Waals surface area contributed by atoms with Gasteiger partial charge in [-0.1, -0.05) is 30.3 Å². The van der Waals surface area contributed by atoms with Gasteiger partial charge in [-0.2, -0.15) is 5.10 Å². The summed E-state index contributed by atoms with van der Waals surface area (Å²) in [5.74, 6) is -0.0657. The maximum atomic E-state index is 12.7. The van der Waals surface area contributed by atoms with E-state index in [9.17, 15) is 4.79 Å². The molecule has 2 heterocycles. The fourth-order valence-corrected chi connectivity index (χ4v) is 3.72. The number of rotatable bonds is 6. The molecule has 0 radical (unpaired) electrons. The summed E-state index contributed by atoms with van der Waals surface area (Å²) in [6.07, 6.45) is 3.75. The Bertz CT molecular complexity index is 1150. The number of benzene rings is 2. The van der Waals surface area contributed by atoms with Crippen LogP contribution in [-0.2, 0) is 19.6 Å². The van der Waals surface area contributed by atoms with Crippen molar-refractivity contribution in [1.29, 1.82) is 0 Å². The van der Waals surface area contributed by atoms with Crippen molar-refractivity contribution in [2.24, 2.45) is 0 Å². The van der Waals surface area contributed by atoms with E-state index >= 15 is 0 Å².